The number of nitrogens with zero attached hydrogens (tertiary/aromatic N) is 1. The van der Waals surface area contributed by atoms with E-state index in [1.165, 1.54) is 12.1 Å². The van der Waals surface area contributed by atoms with Gasteiger partial charge in [-0.25, -0.2) is 17.2 Å². The highest BCUT2D eigenvalue weighted by atomic mass is 32.2. The first kappa shape index (κ1) is 25.7. The van der Waals surface area contributed by atoms with Crippen molar-refractivity contribution in [3.63, 3.8) is 0 Å². The molecule has 1 aliphatic heterocycles. The summed E-state index contributed by atoms with van der Waals surface area (Å²) in [4.78, 5) is 2.61. The smallest absolute Gasteiger partial charge is 0.175 e. The number of piperidine rings is 1. The van der Waals surface area contributed by atoms with Crippen LogP contribution in [0.3, 0.4) is 0 Å². The third kappa shape index (κ3) is 7.83. The van der Waals surface area contributed by atoms with Crippen LogP contribution in [-0.2, 0) is 14.6 Å². The van der Waals surface area contributed by atoms with E-state index < -0.39 is 21.5 Å². The fraction of sp³-hybridized carbons (Fsp3) is 0.480. The summed E-state index contributed by atoms with van der Waals surface area (Å²) in [6.45, 7) is 5.18. The van der Waals surface area contributed by atoms with Crippen LogP contribution in [0, 0.1) is 17.6 Å². The predicted octanol–water partition coefficient (Wildman–Crippen LogP) is 5.36. The van der Waals surface area contributed by atoms with E-state index in [0.717, 1.165) is 56.8 Å². The van der Waals surface area contributed by atoms with Gasteiger partial charge in [0.2, 0.25) is 0 Å². The third-order valence-corrected chi connectivity index (χ3v) is 7.52. The topological polar surface area (TPSA) is 46.6 Å². The van der Waals surface area contributed by atoms with Crippen LogP contribution >= 0.6 is 12.2 Å². The molecule has 1 fully saturated rings. The number of rotatable bonds is 9. The Morgan fingerprint density at radius 2 is 1.70 bits per heavy atom. The molecule has 1 saturated heterocycles. The monoisotopic (exact) mass is 495 g/mol. The van der Waals surface area contributed by atoms with Crippen molar-refractivity contribution in [1.82, 2.24) is 4.90 Å². The maximum absolute atomic E-state index is 14.0. The number of thiocarbonyl (C=S) groups is 1. The van der Waals surface area contributed by atoms with Crippen LogP contribution in [0.2, 0.25) is 0 Å². The van der Waals surface area contributed by atoms with E-state index in [1.807, 2.05) is 0 Å². The van der Waals surface area contributed by atoms with E-state index in [2.05, 4.69) is 4.90 Å². The summed E-state index contributed by atoms with van der Waals surface area (Å²) in [5.74, 6) is -0.845. The minimum absolute atomic E-state index is 0.227. The molecule has 8 heteroatoms. The van der Waals surface area contributed by atoms with Crippen molar-refractivity contribution in [3.05, 3.63) is 65.2 Å². The molecule has 0 amide bonds. The number of halogens is 2. The second-order valence-electron chi connectivity index (χ2n) is 8.80. The normalized spacial score (nSPS) is 16.5. The summed E-state index contributed by atoms with van der Waals surface area (Å²) in [7, 11) is -3.31. The van der Waals surface area contributed by atoms with Crippen molar-refractivity contribution in [2.45, 2.75) is 43.4 Å². The first-order chi connectivity index (χ1) is 15.6. The Bertz CT molecular complexity index is 1030. The first-order valence-electron chi connectivity index (χ1n) is 11.2. The average molecular weight is 496 g/mol. The molecule has 33 heavy (non-hydrogen) atoms. The van der Waals surface area contributed by atoms with Gasteiger partial charge in [-0.05, 0) is 98.8 Å². The van der Waals surface area contributed by atoms with Crippen molar-refractivity contribution in [2.75, 3.05) is 32.5 Å². The molecular weight excluding hydrogens is 464 g/mol. The lowest BCUT2D eigenvalue weighted by atomic mass is 9.87. The molecule has 180 valence electrons. The Balaban J connectivity index is 1.68. The molecule has 0 aromatic heterocycles. The summed E-state index contributed by atoms with van der Waals surface area (Å²) in [6.07, 6.45) is 5.01. The minimum Gasteiger partial charge on any atom is -0.487 e. The molecule has 1 unspecified atom stereocenters. The van der Waals surface area contributed by atoms with E-state index in [0.29, 0.717) is 29.6 Å². The van der Waals surface area contributed by atoms with E-state index >= 15 is 0 Å². The maximum Gasteiger partial charge on any atom is 0.175 e. The van der Waals surface area contributed by atoms with Gasteiger partial charge in [-0.1, -0.05) is 12.1 Å². The first-order valence-corrected chi connectivity index (χ1v) is 13.5. The van der Waals surface area contributed by atoms with Crippen LogP contribution < -0.4 is 0 Å². The lowest BCUT2D eigenvalue weighted by Gasteiger charge is -2.33. The fourth-order valence-electron chi connectivity index (χ4n) is 4.43. The Morgan fingerprint density at radius 1 is 1.09 bits per heavy atom. The van der Waals surface area contributed by atoms with Crippen LogP contribution in [-0.4, -0.2) is 50.9 Å². The van der Waals surface area contributed by atoms with Crippen molar-refractivity contribution in [3.8, 4) is 0 Å². The quantitative estimate of drug-likeness (QED) is 0.439. The number of benzene rings is 2. The van der Waals surface area contributed by atoms with Gasteiger partial charge in [-0.15, -0.1) is 0 Å². The number of ether oxygens (including phenoxy) is 1. The molecule has 0 radical (unpaired) electrons. The van der Waals surface area contributed by atoms with Gasteiger partial charge >= 0.3 is 0 Å². The van der Waals surface area contributed by atoms with Crippen LogP contribution in [0.1, 0.15) is 49.7 Å². The predicted molar refractivity (Wildman–Crippen MR) is 130 cm³/mol. The van der Waals surface area contributed by atoms with Crippen LogP contribution in [0.25, 0.3) is 0 Å². The van der Waals surface area contributed by atoms with Gasteiger partial charge in [0.1, 0.15) is 11.6 Å². The van der Waals surface area contributed by atoms with E-state index in [1.54, 1.807) is 31.2 Å². The maximum atomic E-state index is 14.0. The number of hydrogen-bond donors (Lipinski definition) is 0. The molecule has 4 nitrogen and oxygen atoms in total. The average Bonchev–Trinajstić information content (AvgIpc) is 2.74. The summed E-state index contributed by atoms with van der Waals surface area (Å²) in [5.41, 5.74) is 1.40. The van der Waals surface area contributed by atoms with Gasteiger partial charge < -0.3 is 9.64 Å². The molecule has 0 aliphatic carbocycles. The number of hydrogen-bond acceptors (Lipinski definition) is 5. The highest BCUT2D eigenvalue weighted by molar-refractivity contribution is 7.90. The zero-order valence-electron chi connectivity index (χ0n) is 19.1. The van der Waals surface area contributed by atoms with Crippen LogP contribution in [0.4, 0.5) is 8.78 Å². The van der Waals surface area contributed by atoms with Crippen molar-refractivity contribution < 1.29 is 21.9 Å². The Hall–Kier alpha value is -1.90. The minimum atomic E-state index is -3.31. The SMILES string of the molecule is CC(=S)OCCC1CCN(CCC(c2ccc(S(C)(=O)=O)cc2)c2cc(F)cc(F)c2)CC1. The van der Waals surface area contributed by atoms with E-state index in [-0.39, 0.29) is 10.8 Å². The van der Waals surface area contributed by atoms with Gasteiger partial charge in [0, 0.05) is 25.2 Å². The molecule has 1 atom stereocenters. The van der Waals surface area contributed by atoms with Crippen LogP contribution in [0.15, 0.2) is 47.4 Å². The van der Waals surface area contributed by atoms with Crippen molar-refractivity contribution in [1.29, 1.82) is 0 Å². The molecule has 0 spiro atoms. The van der Waals surface area contributed by atoms with Gasteiger partial charge in [-0.2, -0.15) is 0 Å². The summed E-state index contributed by atoms with van der Waals surface area (Å²) >= 11 is 4.95. The molecule has 2 aromatic rings. The summed E-state index contributed by atoms with van der Waals surface area (Å²) < 4.78 is 57.0. The van der Waals surface area contributed by atoms with Crippen LogP contribution in [0.5, 0.6) is 0 Å². The van der Waals surface area contributed by atoms with Crippen molar-refractivity contribution in [2.24, 2.45) is 5.92 Å². The zero-order valence-corrected chi connectivity index (χ0v) is 20.7. The van der Waals surface area contributed by atoms with Crippen molar-refractivity contribution >= 4 is 27.1 Å². The van der Waals surface area contributed by atoms with Gasteiger partial charge in [0.15, 0.2) is 14.9 Å². The molecule has 0 N–H and O–H groups in total. The number of sulfone groups is 1. The highest BCUT2D eigenvalue weighted by Crippen LogP contribution is 2.31. The lowest BCUT2D eigenvalue weighted by Crippen LogP contribution is -2.35. The standard InChI is InChI=1S/C25H31F2NO3S2/c1-18(32)31-14-10-19-7-11-28(12-8-19)13-9-25(21-15-22(26)17-23(27)16-21)20-3-5-24(6-4-20)33(2,29)30/h3-6,15-17,19,25H,7-14H2,1-2H3. The van der Waals surface area contributed by atoms with Gasteiger partial charge in [-0.3, -0.25) is 0 Å². The largest absolute Gasteiger partial charge is 0.487 e. The van der Waals surface area contributed by atoms with Gasteiger partial charge in [0.05, 0.1) is 11.5 Å². The molecule has 0 saturated carbocycles. The zero-order chi connectivity index (χ0) is 24.0. The molecule has 2 aromatic carbocycles. The van der Waals surface area contributed by atoms with E-state index in [4.69, 9.17) is 17.0 Å². The lowest BCUT2D eigenvalue weighted by molar-refractivity contribution is 0.159. The Morgan fingerprint density at radius 3 is 2.24 bits per heavy atom. The fourth-order valence-corrected chi connectivity index (χ4v) is 5.14. The molecule has 0 bridgehead atoms. The highest BCUT2D eigenvalue weighted by Gasteiger charge is 2.22. The van der Waals surface area contributed by atoms with Gasteiger partial charge in [0.25, 0.3) is 0 Å². The van der Waals surface area contributed by atoms with E-state index in [9.17, 15) is 17.2 Å². The number of likely N-dealkylation sites (tertiary alicyclic amines) is 1. The molecule has 1 aliphatic rings. The summed E-state index contributed by atoms with van der Waals surface area (Å²) in [6, 6.07) is 10.2. The Kier molecular flexibility index (Phi) is 8.95. The molecular formula is C25H31F2NO3S2. The Labute approximate surface area is 200 Å². The second kappa shape index (κ2) is 11.5. The second-order valence-corrected chi connectivity index (χ2v) is 11.4. The summed E-state index contributed by atoms with van der Waals surface area (Å²) in [5, 5.41) is 0.580. The molecule has 1 heterocycles. The third-order valence-electron chi connectivity index (χ3n) is 6.27. The molecule has 3 rings (SSSR count).